The van der Waals surface area contributed by atoms with E-state index in [0.29, 0.717) is 5.92 Å². The van der Waals surface area contributed by atoms with Crippen LogP contribution in [0.5, 0.6) is 5.75 Å². The number of aryl methyl sites for hydroxylation is 1. The van der Waals surface area contributed by atoms with Gasteiger partial charge in [0.1, 0.15) is 0 Å². The molecule has 0 bridgehead atoms. The second kappa shape index (κ2) is 6.94. The third-order valence-electron chi connectivity index (χ3n) is 4.17. The predicted molar refractivity (Wildman–Crippen MR) is 77.7 cm³/mol. The van der Waals surface area contributed by atoms with Gasteiger partial charge < -0.3 is 10.1 Å². The Hall–Kier alpha value is -1.03. The van der Waals surface area contributed by atoms with Gasteiger partial charge in [0.25, 0.3) is 0 Å². The smallest absolute Gasteiger partial charge is 0.160 e. The zero-order valence-electron chi connectivity index (χ0n) is 12.5. The van der Waals surface area contributed by atoms with Crippen molar-refractivity contribution in [3.63, 3.8) is 0 Å². The first-order chi connectivity index (χ1) is 9.31. The van der Waals surface area contributed by atoms with Crippen molar-refractivity contribution in [2.45, 2.75) is 52.0 Å². The lowest BCUT2D eigenvalue weighted by Gasteiger charge is -2.22. The lowest BCUT2D eigenvalue weighted by molar-refractivity contribution is 0.377. The quantitative estimate of drug-likeness (QED) is 0.824. The van der Waals surface area contributed by atoms with E-state index in [1.54, 1.807) is 7.11 Å². The van der Waals surface area contributed by atoms with Crippen LogP contribution < -0.4 is 10.1 Å². The van der Waals surface area contributed by atoms with Crippen molar-refractivity contribution in [1.29, 1.82) is 0 Å². The molecule has 0 amide bonds. The van der Waals surface area contributed by atoms with Crippen LogP contribution in [-0.2, 0) is 6.54 Å². The van der Waals surface area contributed by atoms with Crippen molar-refractivity contribution in [3.8, 4) is 5.75 Å². The molecule has 0 aliphatic heterocycles. The number of rotatable bonds is 7. The summed E-state index contributed by atoms with van der Waals surface area (Å²) in [4.78, 5) is 0. The summed E-state index contributed by atoms with van der Waals surface area (Å²) in [6.45, 7) is 7.52. The molecule has 0 saturated heterocycles. The molecule has 4 heteroatoms. The predicted octanol–water partition coefficient (Wildman–Crippen LogP) is 2.79. The van der Waals surface area contributed by atoms with Gasteiger partial charge in [0.05, 0.1) is 19.0 Å². The van der Waals surface area contributed by atoms with Crippen molar-refractivity contribution >= 4 is 0 Å². The van der Waals surface area contributed by atoms with Gasteiger partial charge in [-0.3, -0.25) is 4.68 Å². The minimum Gasteiger partial charge on any atom is -0.493 e. The number of methoxy groups -OCH3 is 1. The van der Waals surface area contributed by atoms with E-state index in [1.807, 2.05) is 6.20 Å². The standard InChI is InChI=1S/C15H27N3O/c1-4-9-18-15(14(19-3)11-17-18)13-8-6-7-12(13)10-16-5-2/h11-13,16H,4-10H2,1-3H3. The minimum atomic E-state index is 0.600. The molecule has 1 aliphatic carbocycles. The van der Waals surface area contributed by atoms with E-state index in [2.05, 4.69) is 28.9 Å². The summed E-state index contributed by atoms with van der Waals surface area (Å²) < 4.78 is 7.69. The van der Waals surface area contributed by atoms with Gasteiger partial charge in [-0.1, -0.05) is 20.3 Å². The zero-order valence-corrected chi connectivity index (χ0v) is 12.5. The average Bonchev–Trinajstić information content (AvgIpc) is 3.02. The Morgan fingerprint density at radius 2 is 2.26 bits per heavy atom. The fraction of sp³-hybridized carbons (Fsp3) is 0.800. The molecule has 0 radical (unpaired) electrons. The average molecular weight is 265 g/mol. The largest absolute Gasteiger partial charge is 0.493 e. The summed E-state index contributed by atoms with van der Waals surface area (Å²) >= 11 is 0. The molecule has 2 rings (SSSR count). The third-order valence-corrected chi connectivity index (χ3v) is 4.17. The monoisotopic (exact) mass is 265 g/mol. The van der Waals surface area contributed by atoms with Gasteiger partial charge in [-0.05, 0) is 38.3 Å². The molecule has 2 unspecified atom stereocenters. The van der Waals surface area contributed by atoms with Gasteiger partial charge in [-0.15, -0.1) is 0 Å². The SMILES string of the molecule is CCCn1ncc(OC)c1C1CCCC1CNCC. The maximum Gasteiger partial charge on any atom is 0.160 e. The van der Waals surface area contributed by atoms with Crippen molar-refractivity contribution in [3.05, 3.63) is 11.9 Å². The molecular formula is C15H27N3O. The molecule has 1 saturated carbocycles. The van der Waals surface area contributed by atoms with Gasteiger partial charge in [0.2, 0.25) is 0 Å². The van der Waals surface area contributed by atoms with Crippen LogP contribution in [0.25, 0.3) is 0 Å². The van der Waals surface area contributed by atoms with Crippen molar-refractivity contribution in [2.24, 2.45) is 5.92 Å². The maximum atomic E-state index is 5.53. The van der Waals surface area contributed by atoms with E-state index in [9.17, 15) is 0 Å². The van der Waals surface area contributed by atoms with Crippen LogP contribution in [0.2, 0.25) is 0 Å². The van der Waals surface area contributed by atoms with Crippen molar-refractivity contribution < 1.29 is 4.74 Å². The van der Waals surface area contributed by atoms with Gasteiger partial charge in [-0.25, -0.2) is 0 Å². The van der Waals surface area contributed by atoms with Crippen LogP contribution in [0.4, 0.5) is 0 Å². The molecule has 4 nitrogen and oxygen atoms in total. The first-order valence-electron chi connectivity index (χ1n) is 7.62. The van der Waals surface area contributed by atoms with Crippen LogP contribution in [0.3, 0.4) is 0 Å². The highest BCUT2D eigenvalue weighted by Crippen LogP contribution is 2.42. The van der Waals surface area contributed by atoms with Crippen molar-refractivity contribution in [1.82, 2.24) is 15.1 Å². The first-order valence-corrected chi connectivity index (χ1v) is 7.62. The van der Waals surface area contributed by atoms with E-state index in [0.717, 1.165) is 37.7 Å². The normalized spacial score (nSPS) is 22.9. The summed E-state index contributed by atoms with van der Waals surface area (Å²) in [5.41, 5.74) is 1.32. The number of hydrogen-bond acceptors (Lipinski definition) is 3. The Balaban J connectivity index is 2.20. The summed E-state index contributed by atoms with van der Waals surface area (Å²) in [6, 6.07) is 0. The molecular weight excluding hydrogens is 238 g/mol. The Labute approximate surface area is 116 Å². The molecule has 0 spiro atoms. The molecule has 108 valence electrons. The summed E-state index contributed by atoms with van der Waals surface area (Å²) in [5.74, 6) is 2.30. The second-order valence-corrected chi connectivity index (χ2v) is 5.43. The van der Waals surface area contributed by atoms with Crippen LogP contribution in [0, 0.1) is 5.92 Å². The highest BCUT2D eigenvalue weighted by atomic mass is 16.5. The van der Waals surface area contributed by atoms with Gasteiger partial charge in [0, 0.05) is 12.5 Å². The zero-order chi connectivity index (χ0) is 13.7. The molecule has 1 heterocycles. The lowest BCUT2D eigenvalue weighted by Crippen LogP contribution is -2.25. The summed E-state index contributed by atoms with van der Waals surface area (Å²) in [7, 11) is 1.76. The van der Waals surface area contributed by atoms with E-state index >= 15 is 0 Å². The molecule has 19 heavy (non-hydrogen) atoms. The van der Waals surface area contributed by atoms with Gasteiger partial charge in [0.15, 0.2) is 5.75 Å². The molecule has 1 aromatic heterocycles. The molecule has 1 fully saturated rings. The Morgan fingerprint density at radius 1 is 1.42 bits per heavy atom. The maximum absolute atomic E-state index is 5.53. The first kappa shape index (κ1) is 14.4. The number of nitrogens with zero attached hydrogens (tertiary/aromatic N) is 2. The number of nitrogens with one attached hydrogen (secondary N) is 1. The van der Waals surface area contributed by atoms with Crippen LogP contribution >= 0.6 is 0 Å². The topological polar surface area (TPSA) is 39.1 Å². The van der Waals surface area contributed by atoms with Gasteiger partial charge in [-0.2, -0.15) is 5.10 Å². The summed E-state index contributed by atoms with van der Waals surface area (Å²) in [6.07, 6.45) is 6.90. The van der Waals surface area contributed by atoms with Crippen molar-refractivity contribution in [2.75, 3.05) is 20.2 Å². The number of hydrogen-bond donors (Lipinski definition) is 1. The third kappa shape index (κ3) is 3.11. The van der Waals surface area contributed by atoms with Crippen LogP contribution in [0.15, 0.2) is 6.20 Å². The Morgan fingerprint density at radius 3 is 2.95 bits per heavy atom. The van der Waals surface area contributed by atoms with E-state index in [-0.39, 0.29) is 0 Å². The Bertz CT molecular complexity index is 389. The van der Waals surface area contributed by atoms with E-state index < -0.39 is 0 Å². The van der Waals surface area contributed by atoms with E-state index in [4.69, 9.17) is 4.74 Å². The Kier molecular flexibility index (Phi) is 5.25. The second-order valence-electron chi connectivity index (χ2n) is 5.43. The molecule has 1 aliphatic rings. The fourth-order valence-electron chi connectivity index (χ4n) is 3.27. The number of aromatic nitrogens is 2. The molecule has 1 N–H and O–H groups in total. The van der Waals surface area contributed by atoms with E-state index in [1.165, 1.54) is 25.0 Å². The van der Waals surface area contributed by atoms with Crippen LogP contribution in [-0.4, -0.2) is 30.0 Å². The fourth-order valence-corrected chi connectivity index (χ4v) is 3.27. The lowest BCUT2D eigenvalue weighted by atomic mass is 9.92. The molecule has 1 aromatic rings. The summed E-state index contributed by atoms with van der Waals surface area (Å²) in [5, 5.41) is 8.01. The minimum absolute atomic E-state index is 0.600. The molecule has 2 atom stereocenters. The number of ether oxygens (including phenoxy) is 1. The van der Waals surface area contributed by atoms with Crippen LogP contribution in [0.1, 0.15) is 51.1 Å². The van der Waals surface area contributed by atoms with Gasteiger partial charge >= 0.3 is 0 Å². The highest BCUT2D eigenvalue weighted by Gasteiger charge is 2.33. The highest BCUT2D eigenvalue weighted by molar-refractivity contribution is 5.30. The molecule has 0 aromatic carbocycles.